The first-order chi connectivity index (χ1) is 9.23. The van der Waals surface area contributed by atoms with Crippen LogP contribution in [0.15, 0.2) is 12.1 Å². The van der Waals surface area contributed by atoms with Gasteiger partial charge in [-0.05, 0) is 19.4 Å². The molecule has 1 unspecified atom stereocenters. The summed E-state index contributed by atoms with van der Waals surface area (Å²) in [5.74, 6) is -0.421. The lowest BCUT2D eigenvalue weighted by Gasteiger charge is -2.18. The van der Waals surface area contributed by atoms with Crippen LogP contribution in [0.3, 0.4) is 0 Å². The Kier molecular flexibility index (Phi) is 5.29. The van der Waals surface area contributed by atoms with Gasteiger partial charge in [-0.15, -0.1) is 0 Å². The van der Waals surface area contributed by atoms with Crippen LogP contribution in [0.2, 0.25) is 5.02 Å². The number of hydrogen-bond donors (Lipinski definition) is 2. The minimum Gasteiger partial charge on any atom is -0.393 e. The van der Waals surface area contributed by atoms with E-state index in [2.05, 4.69) is 0 Å². The van der Waals surface area contributed by atoms with Gasteiger partial charge in [0, 0.05) is 25.2 Å². The zero-order valence-electron chi connectivity index (χ0n) is 11.2. The Hall–Kier alpha value is -1.86. The molecule has 0 saturated heterocycles. The van der Waals surface area contributed by atoms with E-state index in [4.69, 9.17) is 17.3 Å². The van der Waals surface area contributed by atoms with Crippen LogP contribution in [0.25, 0.3) is 0 Å². The SMILES string of the molecule is CC(O)CCN(C)C(=O)c1cc(Cl)c(N)c([N+](=O)[O-])c1. The number of carbonyl (C=O) groups excluding carboxylic acids is 1. The van der Waals surface area contributed by atoms with Crippen LogP contribution in [0.5, 0.6) is 0 Å². The average Bonchev–Trinajstić information content (AvgIpc) is 2.37. The summed E-state index contributed by atoms with van der Waals surface area (Å²) in [4.78, 5) is 23.6. The topological polar surface area (TPSA) is 110 Å². The Labute approximate surface area is 121 Å². The van der Waals surface area contributed by atoms with Crippen molar-refractivity contribution in [2.24, 2.45) is 0 Å². The van der Waals surface area contributed by atoms with Crippen LogP contribution in [0.4, 0.5) is 11.4 Å². The molecular formula is C12H16ClN3O4. The van der Waals surface area contributed by atoms with Gasteiger partial charge in [0.2, 0.25) is 0 Å². The lowest BCUT2D eigenvalue weighted by molar-refractivity contribution is -0.383. The molecule has 8 heteroatoms. The van der Waals surface area contributed by atoms with Crippen molar-refractivity contribution in [2.75, 3.05) is 19.3 Å². The zero-order chi connectivity index (χ0) is 15.4. The van der Waals surface area contributed by atoms with Crippen LogP contribution >= 0.6 is 11.6 Å². The van der Waals surface area contributed by atoms with E-state index in [1.165, 1.54) is 11.0 Å². The van der Waals surface area contributed by atoms with Crippen molar-refractivity contribution in [3.05, 3.63) is 32.8 Å². The van der Waals surface area contributed by atoms with Crippen molar-refractivity contribution in [3.63, 3.8) is 0 Å². The number of aliphatic hydroxyl groups is 1. The smallest absolute Gasteiger partial charge is 0.294 e. The first-order valence-electron chi connectivity index (χ1n) is 5.91. The number of rotatable bonds is 5. The summed E-state index contributed by atoms with van der Waals surface area (Å²) in [6.45, 7) is 1.94. The van der Waals surface area contributed by atoms with Crippen molar-refractivity contribution >= 4 is 28.9 Å². The van der Waals surface area contributed by atoms with Crippen LogP contribution < -0.4 is 5.73 Å². The number of benzene rings is 1. The normalized spacial score (nSPS) is 12.0. The monoisotopic (exact) mass is 301 g/mol. The maximum absolute atomic E-state index is 12.1. The van der Waals surface area contributed by atoms with Gasteiger partial charge < -0.3 is 15.7 Å². The molecule has 0 radical (unpaired) electrons. The Balaban J connectivity index is 3.02. The molecular weight excluding hydrogens is 286 g/mol. The molecule has 0 spiro atoms. The van der Waals surface area contributed by atoms with Crippen molar-refractivity contribution in [1.29, 1.82) is 0 Å². The van der Waals surface area contributed by atoms with Gasteiger partial charge in [0.05, 0.1) is 16.0 Å². The average molecular weight is 302 g/mol. The fourth-order valence-electron chi connectivity index (χ4n) is 1.58. The van der Waals surface area contributed by atoms with Crippen molar-refractivity contribution in [3.8, 4) is 0 Å². The number of nitrogens with zero attached hydrogens (tertiary/aromatic N) is 2. The maximum Gasteiger partial charge on any atom is 0.294 e. The standard InChI is InChI=1S/C12H16ClN3O4/c1-7(17)3-4-15(2)12(18)8-5-9(13)11(14)10(6-8)16(19)20/h5-7,17H,3-4,14H2,1-2H3. The Morgan fingerprint density at radius 2 is 2.20 bits per heavy atom. The number of nitro benzene ring substituents is 1. The largest absolute Gasteiger partial charge is 0.393 e. The van der Waals surface area contributed by atoms with Crippen LogP contribution in [0.1, 0.15) is 23.7 Å². The van der Waals surface area contributed by atoms with Gasteiger partial charge in [-0.3, -0.25) is 14.9 Å². The maximum atomic E-state index is 12.1. The van der Waals surface area contributed by atoms with Crippen LogP contribution in [0, 0.1) is 10.1 Å². The van der Waals surface area contributed by atoms with Crippen molar-refractivity contribution in [1.82, 2.24) is 4.90 Å². The van der Waals surface area contributed by atoms with E-state index in [1.54, 1.807) is 14.0 Å². The summed E-state index contributed by atoms with van der Waals surface area (Å²) in [6, 6.07) is 2.40. The van der Waals surface area contributed by atoms with Gasteiger partial charge in [-0.25, -0.2) is 0 Å². The third kappa shape index (κ3) is 3.82. The molecule has 0 aromatic heterocycles. The van der Waals surface area contributed by atoms with Gasteiger partial charge in [0.25, 0.3) is 11.6 Å². The number of nitrogens with two attached hydrogens (primary N) is 1. The van der Waals surface area contributed by atoms with E-state index in [0.29, 0.717) is 13.0 Å². The highest BCUT2D eigenvalue weighted by Crippen LogP contribution is 2.31. The lowest BCUT2D eigenvalue weighted by Crippen LogP contribution is -2.29. The second-order valence-corrected chi connectivity index (χ2v) is 4.92. The van der Waals surface area contributed by atoms with Crippen molar-refractivity contribution in [2.45, 2.75) is 19.4 Å². The number of nitrogen functional groups attached to an aromatic ring is 1. The molecule has 0 bridgehead atoms. The molecule has 1 rings (SSSR count). The summed E-state index contributed by atoms with van der Waals surface area (Å²) in [5.41, 5.74) is 5.02. The van der Waals surface area contributed by atoms with E-state index < -0.39 is 22.6 Å². The van der Waals surface area contributed by atoms with Crippen molar-refractivity contribution < 1.29 is 14.8 Å². The highest BCUT2D eigenvalue weighted by atomic mass is 35.5. The molecule has 0 saturated carbocycles. The van der Waals surface area contributed by atoms with Gasteiger partial charge in [0.15, 0.2) is 0 Å². The molecule has 0 aliphatic carbocycles. The van der Waals surface area contributed by atoms with E-state index >= 15 is 0 Å². The summed E-state index contributed by atoms with van der Waals surface area (Å²) < 4.78 is 0. The molecule has 20 heavy (non-hydrogen) atoms. The van der Waals surface area contributed by atoms with Gasteiger partial charge >= 0.3 is 0 Å². The highest BCUT2D eigenvalue weighted by Gasteiger charge is 2.21. The summed E-state index contributed by atoms with van der Waals surface area (Å²) in [6.07, 6.45) is -0.123. The molecule has 0 heterocycles. The highest BCUT2D eigenvalue weighted by molar-refractivity contribution is 6.34. The predicted molar refractivity (Wildman–Crippen MR) is 75.8 cm³/mol. The first kappa shape index (κ1) is 16.2. The van der Waals surface area contributed by atoms with Crippen LogP contribution in [-0.2, 0) is 0 Å². The van der Waals surface area contributed by atoms with Gasteiger partial charge in [0.1, 0.15) is 5.69 Å². The minimum atomic E-state index is -0.687. The Morgan fingerprint density at radius 3 is 2.70 bits per heavy atom. The van der Waals surface area contributed by atoms with E-state index in [9.17, 15) is 20.0 Å². The predicted octanol–water partition coefficient (Wildman–Crippen LogP) is 1.67. The number of carbonyl (C=O) groups is 1. The third-order valence-electron chi connectivity index (χ3n) is 2.78. The Morgan fingerprint density at radius 1 is 1.60 bits per heavy atom. The molecule has 110 valence electrons. The second kappa shape index (κ2) is 6.53. The summed E-state index contributed by atoms with van der Waals surface area (Å²) in [5, 5.41) is 20.0. The molecule has 0 fully saturated rings. The van der Waals surface area contributed by atoms with E-state index in [-0.39, 0.29) is 16.3 Å². The molecule has 1 aromatic rings. The lowest BCUT2D eigenvalue weighted by atomic mass is 10.1. The summed E-state index contributed by atoms with van der Waals surface area (Å²) in [7, 11) is 1.54. The number of nitro groups is 1. The quantitative estimate of drug-likeness (QED) is 0.488. The van der Waals surface area contributed by atoms with E-state index in [0.717, 1.165) is 6.07 Å². The molecule has 3 N–H and O–H groups in total. The van der Waals surface area contributed by atoms with Gasteiger partial charge in [-0.2, -0.15) is 0 Å². The van der Waals surface area contributed by atoms with Crippen LogP contribution in [-0.4, -0.2) is 40.5 Å². The Bertz CT molecular complexity index is 534. The number of aliphatic hydroxyl groups excluding tert-OH is 1. The number of halogens is 1. The summed E-state index contributed by atoms with van der Waals surface area (Å²) >= 11 is 5.80. The molecule has 1 amide bonds. The molecule has 1 atom stereocenters. The second-order valence-electron chi connectivity index (χ2n) is 4.51. The van der Waals surface area contributed by atoms with E-state index in [1.807, 2.05) is 0 Å². The fraction of sp³-hybridized carbons (Fsp3) is 0.417. The number of anilines is 1. The zero-order valence-corrected chi connectivity index (χ0v) is 11.9. The number of hydrogen-bond acceptors (Lipinski definition) is 5. The number of amides is 1. The van der Waals surface area contributed by atoms with Gasteiger partial charge in [-0.1, -0.05) is 11.6 Å². The molecule has 7 nitrogen and oxygen atoms in total. The molecule has 0 aliphatic rings. The first-order valence-corrected chi connectivity index (χ1v) is 6.28. The molecule has 1 aromatic carbocycles. The minimum absolute atomic E-state index is 0.0357. The molecule has 0 aliphatic heterocycles. The fourth-order valence-corrected chi connectivity index (χ4v) is 1.79. The third-order valence-corrected chi connectivity index (χ3v) is 3.09.